The van der Waals surface area contributed by atoms with E-state index in [9.17, 15) is 8.42 Å². The molecule has 1 aliphatic carbocycles. The molecule has 0 aromatic heterocycles. The van der Waals surface area contributed by atoms with Crippen molar-refractivity contribution in [2.45, 2.75) is 37.5 Å². The van der Waals surface area contributed by atoms with Gasteiger partial charge in [0.1, 0.15) is 0 Å². The molecule has 1 fully saturated rings. The van der Waals surface area contributed by atoms with Gasteiger partial charge >= 0.3 is 0 Å². The first-order valence-electron chi connectivity index (χ1n) is 6.82. The van der Waals surface area contributed by atoms with Gasteiger partial charge in [-0.05, 0) is 42.9 Å². The molecule has 0 heterocycles. The van der Waals surface area contributed by atoms with Crippen molar-refractivity contribution in [3.05, 3.63) is 24.3 Å². The minimum Gasteiger partial charge on any atom is -0.399 e. The molecule has 106 valence electrons. The third kappa shape index (κ3) is 3.94. The number of hydrogen-bond acceptors (Lipinski definition) is 3. The molecule has 3 N–H and O–H groups in total. The molecule has 1 aromatic carbocycles. The highest BCUT2D eigenvalue weighted by molar-refractivity contribution is 7.89. The number of rotatable bonds is 4. The van der Waals surface area contributed by atoms with Crippen molar-refractivity contribution in [3.8, 4) is 0 Å². The fourth-order valence-corrected chi connectivity index (χ4v) is 3.70. The summed E-state index contributed by atoms with van der Waals surface area (Å²) in [4.78, 5) is 0.247. The van der Waals surface area contributed by atoms with Crippen molar-refractivity contribution in [2.24, 2.45) is 11.8 Å². The lowest BCUT2D eigenvalue weighted by Crippen LogP contribution is -2.31. The topological polar surface area (TPSA) is 72.2 Å². The molecule has 4 nitrogen and oxygen atoms in total. The summed E-state index contributed by atoms with van der Waals surface area (Å²) < 4.78 is 27.0. The predicted molar refractivity (Wildman–Crippen MR) is 77.2 cm³/mol. The van der Waals surface area contributed by atoms with Crippen molar-refractivity contribution in [3.63, 3.8) is 0 Å². The van der Waals surface area contributed by atoms with Crippen LogP contribution in [0.4, 0.5) is 5.69 Å². The van der Waals surface area contributed by atoms with Crippen LogP contribution in [0.1, 0.15) is 32.6 Å². The molecule has 0 saturated heterocycles. The van der Waals surface area contributed by atoms with E-state index in [-0.39, 0.29) is 4.90 Å². The van der Waals surface area contributed by atoms with Crippen LogP contribution in [-0.4, -0.2) is 15.0 Å². The minimum atomic E-state index is -3.43. The summed E-state index contributed by atoms with van der Waals surface area (Å²) in [6.45, 7) is 2.79. The number of nitrogen functional groups attached to an aromatic ring is 1. The smallest absolute Gasteiger partial charge is 0.240 e. The molecule has 0 atom stereocenters. The first kappa shape index (κ1) is 14.3. The number of benzene rings is 1. The highest BCUT2D eigenvalue weighted by Gasteiger charge is 2.21. The molecule has 2 rings (SSSR count). The monoisotopic (exact) mass is 282 g/mol. The normalized spacial score (nSPS) is 24.3. The maximum Gasteiger partial charge on any atom is 0.240 e. The van der Waals surface area contributed by atoms with E-state index in [1.165, 1.54) is 18.9 Å². The van der Waals surface area contributed by atoms with Crippen LogP contribution in [-0.2, 0) is 10.0 Å². The Hall–Kier alpha value is -1.07. The average Bonchev–Trinajstić information content (AvgIpc) is 2.38. The van der Waals surface area contributed by atoms with Gasteiger partial charge in [-0.3, -0.25) is 0 Å². The van der Waals surface area contributed by atoms with Gasteiger partial charge in [-0.2, -0.15) is 0 Å². The molecular weight excluding hydrogens is 260 g/mol. The summed E-state index contributed by atoms with van der Waals surface area (Å²) in [5, 5.41) is 0. The number of nitrogens with two attached hydrogens (primary N) is 1. The Morgan fingerprint density at radius 2 is 1.95 bits per heavy atom. The highest BCUT2D eigenvalue weighted by Crippen LogP contribution is 2.28. The van der Waals surface area contributed by atoms with Gasteiger partial charge in [-0.1, -0.05) is 25.8 Å². The Bertz CT molecular complexity index is 520. The maximum atomic E-state index is 12.1. The first-order valence-corrected chi connectivity index (χ1v) is 8.31. The lowest BCUT2D eigenvalue weighted by molar-refractivity contribution is 0.290. The summed E-state index contributed by atoms with van der Waals surface area (Å²) >= 11 is 0. The van der Waals surface area contributed by atoms with Crippen LogP contribution in [0.2, 0.25) is 0 Å². The van der Waals surface area contributed by atoms with E-state index < -0.39 is 10.0 Å². The van der Waals surface area contributed by atoms with Crippen molar-refractivity contribution < 1.29 is 8.42 Å². The van der Waals surface area contributed by atoms with Gasteiger partial charge in [0.05, 0.1) is 4.90 Å². The standard InChI is InChI=1S/C14H22N2O2S/c1-11-5-7-12(8-6-11)10-16-19(17,18)14-4-2-3-13(15)9-14/h2-4,9,11-12,16H,5-8,10,15H2,1H3. The van der Waals surface area contributed by atoms with E-state index in [4.69, 9.17) is 5.73 Å². The summed E-state index contributed by atoms with van der Waals surface area (Å²) in [6.07, 6.45) is 4.62. The molecular formula is C14H22N2O2S. The van der Waals surface area contributed by atoms with E-state index in [1.54, 1.807) is 18.2 Å². The van der Waals surface area contributed by atoms with Gasteiger partial charge in [0.2, 0.25) is 10.0 Å². The number of sulfonamides is 1. The minimum absolute atomic E-state index is 0.247. The Labute approximate surface area is 115 Å². The molecule has 0 aliphatic heterocycles. The van der Waals surface area contributed by atoms with Crippen molar-refractivity contribution in [2.75, 3.05) is 12.3 Å². The van der Waals surface area contributed by atoms with E-state index in [2.05, 4.69) is 11.6 Å². The number of hydrogen-bond donors (Lipinski definition) is 2. The van der Waals surface area contributed by atoms with Gasteiger partial charge < -0.3 is 5.73 Å². The van der Waals surface area contributed by atoms with Crippen LogP contribution in [0.15, 0.2) is 29.2 Å². The van der Waals surface area contributed by atoms with Crippen LogP contribution < -0.4 is 10.5 Å². The van der Waals surface area contributed by atoms with Crippen LogP contribution >= 0.6 is 0 Å². The molecule has 0 spiro atoms. The lowest BCUT2D eigenvalue weighted by atomic mass is 9.83. The van der Waals surface area contributed by atoms with Gasteiger partial charge in [-0.25, -0.2) is 13.1 Å². The molecule has 1 aliphatic rings. The summed E-state index contributed by atoms with van der Waals surface area (Å²) in [5.41, 5.74) is 6.08. The third-order valence-corrected chi connectivity index (χ3v) is 5.29. The van der Waals surface area contributed by atoms with Crippen molar-refractivity contribution in [1.29, 1.82) is 0 Å². The second kappa shape index (κ2) is 5.92. The zero-order valence-electron chi connectivity index (χ0n) is 11.3. The van der Waals surface area contributed by atoms with Crippen molar-refractivity contribution in [1.82, 2.24) is 4.72 Å². The third-order valence-electron chi connectivity index (χ3n) is 3.87. The maximum absolute atomic E-state index is 12.1. The van der Waals surface area contributed by atoms with Gasteiger partial charge in [0.15, 0.2) is 0 Å². The fraction of sp³-hybridized carbons (Fsp3) is 0.571. The molecule has 0 unspecified atom stereocenters. The Morgan fingerprint density at radius 3 is 2.58 bits per heavy atom. The van der Waals surface area contributed by atoms with E-state index in [1.807, 2.05) is 0 Å². The Kier molecular flexibility index (Phi) is 4.47. The zero-order valence-corrected chi connectivity index (χ0v) is 12.1. The first-order chi connectivity index (χ1) is 8.97. The number of nitrogens with one attached hydrogen (secondary N) is 1. The highest BCUT2D eigenvalue weighted by atomic mass is 32.2. The second-order valence-corrected chi connectivity index (χ2v) is 7.32. The predicted octanol–water partition coefficient (Wildman–Crippen LogP) is 2.37. The molecule has 1 aromatic rings. The molecule has 0 amide bonds. The Balaban J connectivity index is 1.95. The molecule has 5 heteroatoms. The van der Waals surface area contributed by atoms with E-state index in [0.29, 0.717) is 18.2 Å². The largest absolute Gasteiger partial charge is 0.399 e. The Morgan fingerprint density at radius 1 is 1.26 bits per heavy atom. The van der Waals surface area contributed by atoms with E-state index in [0.717, 1.165) is 18.8 Å². The van der Waals surface area contributed by atoms with Gasteiger partial charge in [0, 0.05) is 12.2 Å². The zero-order chi connectivity index (χ0) is 13.9. The summed E-state index contributed by atoms with van der Waals surface area (Å²) in [7, 11) is -3.43. The summed E-state index contributed by atoms with van der Waals surface area (Å²) in [5.74, 6) is 1.24. The summed E-state index contributed by atoms with van der Waals surface area (Å²) in [6, 6.07) is 6.40. The second-order valence-electron chi connectivity index (χ2n) is 5.55. The quantitative estimate of drug-likeness (QED) is 0.833. The van der Waals surface area contributed by atoms with Crippen LogP contribution in [0.25, 0.3) is 0 Å². The SMILES string of the molecule is CC1CCC(CNS(=O)(=O)c2cccc(N)c2)CC1. The molecule has 1 saturated carbocycles. The molecule has 0 bridgehead atoms. The average molecular weight is 282 g/mol. The van der Waals surface area contributed by atoms with Crippen molar-refractivity contribution >= 4 is 15.7 Å². The van der Waals surface area contributed by atoms with Crippen LogP contribution in [0.5, 0.6) is 0 Å². The van der Waals surface area contributed by atoms with Gasteiger partial charge in [0.25, 0.3) is 0 Å². The number of anilines is 1. The lowest BCUT2D eigenvalue weighted by Gasteiger charge is -2.26. The molecule has 19 heavy (non-hydrogen) atoms. The van der Waals surface area contributed by atoms with Gasteiger partial charge in [-0.15, -0.1) is 0 Å². The molecule has 0 radical (unpaired) electrons. The van der Waals surface area contributed by atoms with Crippen LogP contribution in [0.3, 0.4) is 0 Å². The van der Waals surface area contributed by atoms with Crippen LogP contribution in [0, 0.1) is 11.8 Å². The fourth-order valence-electron chi connectivity index (χ4n) is 2.53. The van der Waals surface area contributed by atoms with E-state index >= 15 is 0 Å².